The third kappa shape index (κ3) is 4.20. The van der Waals surface area contributed by atoms with Crippen molar-refractivity contribution in [3.63, 3.8) is 0 Å². The van der Waals surface area contributed by atoms with Gasteiger partial charge in [-0.1, -0.05) is 24.3 Å². The molecular weight excluding hydrogens is 277 g/mol. The van der Waals surface area contributed by atoms with E-state index in [1.807, 2.05) is 24.1 Å². The number of benzene rings is 1. The zero-order chi connectivity index (χ0) is 15.5. The Hall–Kier alpha value is -1.07. The Morgan fingerprint density at radius 2 is 2.00 bits per heavy atom. The van der Waals surface area contributed by atoms with Gasteiger partial charge in [-0.3, -0.25) is 0 Å². The van der Waals surface area contributed by atoms with Crippen LogP contribution >= 0.6 is 0 Å². The highest BCUT2D eigenvalue weighted by Crippen LogP contribution is 2.32. The maximum absolute atomic E-state index is 12.4. The second-order valence-corrected chi connectivity index (χ2v) is 5.77. The van der Waals surface area contributed by atoms with Crippen LogP contribution in [0.15, 0.2) is 24.3 Å². The molecule has 0 saturated heterocycles. The van der Waals surface area contributed by atoms with Gasteiger partial charge in [0.15, 0.2) is 0 Å². The van der Waals surface area contributed by atoms with Gasteiger partial charge in [-0.05, 0) is 44.5 Å². The van der Waals surface area contributed by atoms with E-state index in [1.165, 1.54) is 11.1 Å². The van der Waals surface area contributed by atoms with Crippen molar-refractivity contribution < 1.29 is 13.2 Å². The fourth-order valence-electron chi connectivity index (χ4n) is 3.23. The lowest BCUT2D eigenvalue weighted by molar-refractivity contribution is -0.138. The molecule has 1 aliphatic carbocycles. The monoisotopic (exact) mass is 300 g/mol. The van der Waals surface area contributed by atoms with E-state index in [4.69, 9.17) is 0 Å². The molecule has 2 unspecified atom stereocenters. The second kappa shape index (κ2) is 6.79. The lowest BCUT2D eigenvalue weighted by Gasteiger charge is -2.34. The summed E-state index contributed by atoms with van der Waals surface area (Å²) in [6.07, 6.45) is -1.92. The van der Waals surface area contributed by atoms with Crippen LogP contribution < -0.4 is 5.32 Å². The molecule has 5 heteroatoms. The molecule has 1 aromatic rings. The molecule has 0 fully saturated rings. The Balaban J connectivity index is 2.15. The third-order valence-corrected chi connectivity index (χ3v) is 4.35. The lowest BCUT2D eigenvalue weighted by atomic mass is 9.95. The summed E-state index contributed by atoms with van der Waals surface area (Å²) >= 11 is 0. The number of alkyl halides is 3. The van der Waals surface area contributed by atoms with Crippen LogP contribution in [0.25, 0.3) is 0 Å². The summed E-state index contributed by atoms with van der Waals surface area (Å²) in [6.45, 7) is 0.0501. The zero-order valence-corrected chi connectivity index (χ0v) is 12.6. The van der Waals surface area contributed by atoms with Gasteiger partial charge in [-0.25, -0.2) is 0 Å². The van der Waals surface area contributed by atoms with Gasteiger partial charge in [0.2, 0.25) is 0 Å². The third-order valence-electron chi connectivity index (χ3n) is 4.35. The molecule has 0 heterocycles. The van der Waals surface area contributed by atoms with Gasteiger partial charge >= 0.3 is 6.18 Å². The highest BCUT2D eigenvalue weighted by molar-refractivity contribution is 5.32. The Labute approximate surface area is 124 Å². The first-order valence-corrected chi connectivity index (χ1v) is 7.44. The van der Waals surface area contributed by atoms with Crippen molar-refractivity contribution >= 4 is 0 Å². The Morgan fingerprint density at radius 3 is 2.67 bits per heavy atom. The Bertz CT molecular complexity index is 459. The summed E-state index contributed by atoms with van der Waals surface area (Å²) in [6, 6.07) is 8.42. The van der Waals surface area contributed by atoms with Gasteiger partial charge < -0.3 is 10.2 Å². The van der Waals surface area contributed by atoms with Gasteiger partial charge in [0.1, 0.15) is 0 Å². The fourth-order valence-corrected chi connectivity index (χ4v) is 3.23. The van der Waals surface area contributed by atoms with Crippen molar-refractivity contribution in [1.82, 2.24) is 10.2 Å². The van der Waals surface area contributed by atoms with Crippen LogP contribution in [0.2, 0.25) is 0 Å². The van der Waals surface area contributed by atoms with E-state index >= 15 is 0 Å². The van der Waals surface area contributed by atoms with Crippen LogP contribution in [0.3, 0.4) is 0 Å². The van der Waals surface area contributed by atoms with Crippen molar-refractivity contribution in [2.45, 2.75) is 43.9 Å². The summed E-state index contributed by atoms with van der Waals surface area (Å²) in [5, 5.41) is 3.31. The van der Waals surface area contributed by atoms with Crippen LogP contribution in [0, 0.1) is 0 Å². The quantitative estimate of drug-likeness (QED) is 0.856. The molecule has 21 heavy (non-hydrogen) atoms. The van der Waals surface area contributed by atoms with Gasteiger partial charge in [0.05, 0.1) is 6.42 Å². The van der Waals surface area contributed by atoms with E-state index in [9.17, 15) is 13.2 Å². The van der Waals surface area contributed by atoms with Crippen LogP contribution in [-0.2, 0) is 6.42 Å². The molecule has 0 aliphatic heterocycles. The molecule has 2 rings (SSSR count). The van der Waals surface area contributed by atoms with E-state index in [0.29, 0.717) is 0 Å². The summed E-state index contributed by atoms with van der Waals surface area (Å²) in [5.41, 5.74) is 2.53. The number of nitrogens with zero attached hydrogens (tertiary/aromatic N) is 1. The predicted octanol–water partition coefficient (Wildman–Crippen LogP) is 3.54. The maximum atomic E-state index is 12.4. The summed E-state index contributed by atoms with van der Waals surface area (Å²) in [7, 11) is 3.69. The Morgan fingerprint density at radius 1 is 1.29 bits per heavy atom. The highest BCUT2D eigenvalue weighted by Gasteiger charge is 2.32. The zero-order valence-electron chi connectivity index (χ0n) is 12.6. The van der Waals surface area contributed by atoms with Crippen molar-refractivity contribution in [3.05, 3.63) is 35.4 Å². The molecule has 0 saturated carbocycles. The van der Waals surface area contributed by atoms with Gasteiger partial charge in [-0.15, -0.1) is 0 Å². The van der Waals surface area contributed by atoms with E-state index in [0.717, 1.165) is 19.3 Å². The predicted molar refractivity (Wildman–Crippen MR) is 78.3 cm³/mol. The number of nitrogens with one attached hydrogen (secondary N) is 1. The van der Waals surface area contributed by atoms with E-state index in [1.54, 1.807) is 7.05 Å². The van der Waals surface area contributed by atoms with Gasteiger partial charge in [0.25, 0.3) is 0 Å². The van der Waals surface area contributed by atoms with Crippen molar-refractivity contribution in [1.29, 1.82) is 0 Å². The Kier molecular flexibility index (Phi) is 5.27. The number of halogens is 3. The summed E-state index contributed by atoms with van der Waals surface area (Å²) in [5.74, 6) is 0. The molecule has 0 spiro atoms. The molecule has 2 nitrogen and oxygen atoms in total. The average Bonchev–Trinajstić information content (AvgIpc) is 2.62. The smallest absolute Gasteiger partial charge is 0.312 e. The molecule has 0 amide bonds. The van der Waals surface area contributed by atoms with Crippen LogP contribution in [-0.4, -0.2) is 37.8 Å². The number of hydrogen-bond acceptors (Lipinski definition) is 2. The first-order chi connectivity index (χ1) is 9.92. The fraction of sp³-hybridized carbons (Fsp3) is 0.625. The molecule has 118 valence electrons. The SMILES string of the molecule is CNC1c2ccccc2CCCC1N(C)CCC(F)(F)F. The normalized spacial score (nSPS) is 23.0. The first-order valence-electron chi connectivity index (χ1n) is 7.44. The topological polar surface area (TPSA) is 15.3 Å². The molecule has 0 bridgehead atoms. The molecule has 0 aromatic heterocycles. The summed E-state index contributed by atoms with van der Waals surface area (Å²) < 4.78 is 37.3. The van der Waals surface area contributed by atoms with Crippen molar-refractivity contribution in [2.24, 2.45) is 0 Å². The van der Waals surface area contributed by atoms with Crippen LogP contribution in [0.5, 0.6) is 0 Å². The maximum Gasteiger partial charge on any atom is 0.390 e. The van der Waals surface area contributed by atoms with Crippen LogP contribution in [0.4, 0.5) is 13.2 Å². The molecular formula is C16H23F3N2. The number of likely N-dealkylation sites (N-methyl/N-ethyl adjacent to an activating group) is 2. The first kappa shape index (κ1) is 16.3. The number of rotatable bonds is 4. The minimum atomic E-state index is -4.09. The van der Waals surface area contributed by atoms with Crippen molar-refractivity contribution in [2.75, 3.05) is 20.6 Å². The van der Waals surface area contributed by atoms with E-state index in [-0.39, 0.29) is 18.6 Å². The molecule has 0 radical (unpaired) electrons. The second-order valence-electron chi connectivity index (χ2n) is 5.77. The van der Waals surface area contributed by atoms with Crippen molar-refractivity contribution in [3.8, 4) is 0 Å². The number of fused-ring (bicyclic) bond motifs is 1. The van der Waals surface area contributed by atoms with E-state index in [2.05, 4.69) is 17.4 Å². The lowest BCUT2D eigenvalue weighted by Crippen LogP contribution is -2.42. The van der Waals surface area contributed by atoms with Gasteiger partial charge in [0, 0.05) is 18.6 Å². The minimum absolute atomic E-state index is 0.0501. The molecule has 1 aliphatic rings. The molecule has 2 atom stereocenters. The number of hydrogen-bond donors (Lipinski definition) is 1. The average molecular weight is 300 g/mol. The largest absolute Gasteiger partial charge is 0.390 e. The summed E-state index contributed by atoms with van der Waals surface area (Å²) in [4.78, 5) is 1.86. The molecule has 1 N–H and O–H groups in total. The van der Waals surface area contributed by atoms with E-state index < -0.39 is 12.6 Å². The standard InChI is InChI=1S/C16H23F3N2/c1-20-15-13-8-4-3-6-12(13)7-5-9-14(15)21(2)11-10-16(17,18)19/h3-4,6,8,14-15,20H,5,7,9-11H2,1-2H3. The number of aryl methyl sites for hydroxylation is 1. The molecule has 1 aromatic carbocycles. The van der Waals surface area contributed by atoms with Crippen LogP contribution in [0.1, 0.15) is 36.4 Å². The van der Waals surface area contributed by atoms with Gasteiger partial charge in [-0.2, -0.15) is 13.2 Å². The highest BCUT2D eigenvalue weighted by atomic mass is 19.4. The minimum Gasteiger partial charge on any atom is -0.312 e.